The smallest absolute Gasteiger partial charge is 0.251 e. The zero-order valence-corrected chi connectivity index (χ0v) is 14.7. The molecule has 0 bridgehead atoms. The Morgan fingerprint density at radius 3 is 2.41 bits per heavy atom. The molecule has 0 unspecified atom stereocenters. The van der Waals surface area contributed by atoms with Crippen LogP contribution in [0.4, 0.5) is 0 Å². The summed E-state index contributed by atoms with van der Waals surface area (Å²) in [6.45, 7) is 2.81. The number of benzene rings is 2. The lowest BCUT2D eigenvalue weighted by Crippen LogP contribution is -2.45. The molecule has 1 fully saturated rings. The molecular weight excluding hydrogens is 344 g/mol. The summed E-state index contributed by atoms with van der Waals surface area (Å²) in [5, 5.41) is 20.1. The maximum atomic E-state index is 12.3. The fraction of sp³-hybridized carbons (Fsp3) is 0.263. The van der Waals surface area contributed by atoms with Crippen molar-refractivity contribution in [1.82, 2.24) is 31.3 Å². The maximum Gasteiger partial charge on any atom is 0.251 e. The Hall–Kier alpha value is -3.10. The number of hydrogen-bond acceptors (Lipinski definition) is 6. The molecule has 2 aromatic carbocycles. The van der Waals surface area contributed by atoms with Crippen molar-refractivity contribution in [3.05, 3.63) is 54.1 Å². The number of carbonyl (C=O) groups is 1. The van der Waals surface area contributed by atoms with Gasteiger partial charge in [-0.25, -0.2) is 0 Å². The van der Waals surface area contributed by atoms with Crippen LogP contribution >= 0.6 is 0 Å². The van der Waals surface area contributed by atoms with Crippen LogP contribution in [0.25, 0.3) is 22.5 Å². The standard InChI is InChI=1S/C19H20N6O2/c26-19(21-12-17-11-20-9-10-27-17)16-7-3-14(4-8-16)13-1-5-15(6-2-13)18-22-24-25-23-18/h1-8,17,20H,9-12H2,(H,21,26)(H,22,23,24,25)/t17-/m0/s1. The largest absolute Gasteiger partial charge is 0.374 e. The molecule has 1 amide bonds. The molecule has 3 N–H and O–H groups in total. The summed E-state index contributed by atoms with van der Waals surface area (Å²) < 4.78 is 5.59. The normalized spacial score (nSPS) is 16.8. The van der Waals surface area contributed by atoms with Crippen LogP contribution in [0.2, 0.25) is 0 Å². The van der Waals surface area contributed by atoms with E-state index in [0.717, 1.165) is 29.8 Å². The number of amides is 1. The van der Waals surface area contributed by atoms with Crippen molar-refractivity contribution in [1.29, 1.82) is 0 Å². The van der Waals surface area contributed by atoms with Gasteiger partial charge in [0.15, 0.2) is 0 Å². The molecule has 0 spiro atoms. The fourth-order valence-electron chi connectivity index (χ4n) is 2.97. The third kappa shape index (κ3) is 4.18. The molecular formula is C19H20N6O2. The Morgan fingerprint density at radius 2 is 1.78 bits per heavy atom. The SMILES string of the molecule is O=C(NC[C@@H]1CNCCO1)c1ccc(-c2ccc(-c3nn[nH]n3)cc2)cc1. The summed E-state index contributed by atoms with van der Waals surface area (Å²) >= 11 is 0. The molecule has 1 aliphatic rings. The van der Waals surface area contributed by atoms with E-state index in [1.165, 1.54) is 0 Å². The quantitative estimate of drug-likeness (QED) is 0.629. The highest BCUT2D eigenvalue weighted by Crippen LogP contribution is 2.23. The number of nitrogens with one attached hydrogen (secondary N) is 3. The van der Waals surface area contributed by atoms with E-state index in [1.807, 2.05) is 48.5 Å². The molecule has 8 heteroatoms. The predicted molar refractivity (Wildman–Crippen MR) is 100.0 cm³/mol. The first-order valence-corrected chi connectivity index (χ1v) is 8.84. The van der Waals surface area contributed by atoms with Crippen LogP contribution < -0.4 is 10.6 Å². The highest BCUT2D eigenvalue weighted by atomic mass is 16.5. The Bertz CT molecular complexity index is 872. The number of morpholine rings is 1. The molecule has 0 saturated carbocycles. The summed E-state index contributed by atoms with van der Waals surface area (Å²) in [4.78, 5) is 12.3. The van der Waals surface area contributed by atoms with Gasteiger partial charge in [-0.2, -0.15) is 5.21 Å². The van der Waals surface area contributed by atoms with Gasteiger partial charge in [0.2, 0.25) is 5.82 Å². The van der Waals surface area contributed by atoms with Crippen LogP contribution in [-0.4, -0.2) is 58.9 Å². The van der Waals surface area contributed by atoms with Gasteiger partial charge < -0.3 is 15.4 Å². The summed E-state index contributed by atoms with van der Waals surface area (Å²) in [6.07, 6.45) is 0.0275. The maximum absolute atomic E-state index is 12.3. The number of aromatic amines is 1. The van der Waals surface area contributed by atoms with Gasteiger partial charge in [-0.05, 0) is 28.5 Å². The Balaban J connectivity index is 1.38. The van der Waals surface area contributed by atoms with Crippen LogP contribution in [-0.2, 0) is 4.74 Å². The Labute approximate surface area is 156 Å². The first-order chi connectivity index (χ1) is 13.3. The van der Waals surface area contributed by atoms with Gasteiger partial charge in [0.1, 0.15) is 0 Å². The van der Waals surface area contributed by atoms with Gasteiger partial charge in [-0.15, -0.1) is 10.2 Å². The van der Waals surface area contributed by atoms with Crippen molar-refractivity contribution in [3.8, 4) is 22.5 Å². The van der Waals surface area contributed by atoms with E-state index in [4.69, 9.17) is 4.74 Å². The lowest BCUT2D eigenvalue weighted by atomic mass is 10.0. The average molecular weight is 364 g/mol. The van der Waals surface area contributed by atoms with Gasteiger partial charge >= 0.3 is 0 Å². The second kappa shape index (κ2) is 8.07. The van der Waals surface area contributed by atoms with Crippen molar-refractivity contribution in [2.45, 2.75) is 6.10 Å². The van der Waals surface area contributed by atoms with Gasteiger partial charge in [0, 0.05) is 30.8 Å². The molecule has 2 heterocycles. The van der Waals surface area contributed by atoms with Crippen LogP contribution in [0, 0.1) is 0 Å². The minimum Gasteiger partial charge on any atom is -0.374 e. The number of hydrogen-bond donors (Lipinski definition) is 3. The zero-order chi connectivity index (χ0) is 18.5. The number of H-pyrrole nitrogens is 1. The highest BCUT2D eigenvalue weighted by molar-refractivity contribution is 5.94. The van der Waals surface area contributed by atoms with Crippen molar-refractivity contribution in [2.24, 2.45) is 0 Å². The summed E-state index contributed by atoms with van der Waals surface area (Å²) in [5.74, 6) is 0.467. The second-order valence-electron chi connectivity index (χ2n) is 6.30. The van der Waals surface area contributed by atoms with Gasteiger partial charge in [0.25, 0.3) is 5.91 Å². The number of tetrazole rings is 1. The van der Waals surface area contributed by atoms with E-state index >= 15 is 0 Å². The van der Waals surface area contributed by atoms with E-state index < -0.39 is 0 Å². The van der Waals surface area contributed by atoms with Crippen molar-refractivity contribution in [3.63, 3.8) is 0 Å². The molecule has 1 atom stereocenters. The number of ether oxygens (including phenoxy) is 1. The molecule has 1 aromatic heterocycles. The molecule has 8 nitrogen and oxygen atoms in total. The monoisotopic (exact) mass is 364 g/mol. The van der Waals surface area contributed by atoms with E-state index in [9.17, 15) is 4.79 Å². The second-order valence-corrected chi connectivity index (χ2v) is 6.30. The third-order valence-corrected chi connectivity index (χ3v) is 4.46. The predicted octanol–water partition coefficient (Wildman–Crippen LogP) is 1.25. The van der Waals surface area contributed by atoms with Gasteiger partial charge in [-0.1, -0.05) is 36.4 Å². The first kappa shape index (κ1) is 17.3. The number of carbonyl (C=O) groups excluding carboxylic acids is 1. The minimum atomic E-state index is -0.0943. The molecule has 3 aromatic rings. The molecule has 1 aliphatic heterocycles. The van der Waals surface area contributed by atoms with E-state index in [0.29, 0.717) is 24.5 Å². The van der Waals surface area contributed by atoms with Crippen molar-refractivity contribution < 1.29 is 9.53 Å². The molecule has 0 aliphatic carbocycles. The van der Waals surface area contributed by atoms with E-state index in [2.05, 4.69) is 31.3 Å². The average Bonchev–Trinajstić information content (AvgIpc) is 3.28. The summed E-state index contributed by atoms with van der Waals surface area (Å²) in [5.41, 5.74) is 3.61. The van der Waals surface area contributed by atoms with Crippen LogP contribution in [0.3, 0.4) is 0 Å². The van der Waals surface area contributed by atoms with Gasteiger partial charge in [-0.3, -0.25) is 4.79 Å². The topological polar surface area (TPSA) is 105 Å². The Morgan fingerprint density at radius 1 is 1.07 bits per heavy atom. The molecule has 1 saturated heterocycles. The van der Waals surface area contributed by atoms with Crippen LogP contribution in [0.15, 0.2) is 48.5 Å². The lowest BCUT2D eigenvalue weighted by Gasteiger charge is -2.23. The minimum absolute atomic E-state index is 0.0275. The molecule has 138 valence electrons. The first-order valence-electron chi connectivity index (χ1n) is 8.84. The number of aromatic nitrogens is 4. The number of nitrogens with zero attached hydrogens (tertiary/aromatic N) is 3. The lowest BCUT2D eigenvalue weighted by molar-refractivity contribution is 0.0287. The van der Waals surface area contributed by atoms with Crippen LogP contribution in [0.1, 0.15) is 10.4 Å². The summed E-state index contributed by atoms with van der Waals surface area (Å²) in [7, 11) is 0. The van der Waals surface area contributed by atoms with E-state index in [1.54, 1.807) is 0 Å². The van der Waals surface area contributed by atoms with Crippen LogP contribution in [0.5, 0.6) is 0 Å². The number of rotatable bonds is 5. The van der Waals surface area contributed by atoms with Crippen molar-refractivity contribution in [2.75, 3.05) is 26.2 Å². The van der Waals surface area contributed by atoms with E-state index in [-0.39, 0.29) is 12.0 Å². The molecule has 4 rings (SSSR count). The summed E-state index contributed by atoms with van der Waals surface area (Å²) in [6, 6.07) is 15.4. The fourth-order valence-corrected chi connectivity index (χ4v) is 2.97. The molecule has 27 heavy (non-hydrogen) atoms. The zero-order valence-electron chi connectivity index (χ0n) is 14.7. The van der Waals surface area contributed by atoms with Crippen molar-refractivity contribution >= 4 is 5.91 Å². The third-order valence-electron chi connectivity index (χ3n) is 4.46. The van der Waals surface area contributed by atoms with Gasteiger partial charge in [0.05, 0.1) is 12.7 Å². The Kier molecular flexibility index (Phi) is 5.17. The highest BCUT2D eigenvalue weighted by Gasteiger charge is 2.15. The molecule has 0 radical (unpaired) electrons.